The Hall–Kier alpha value is -2.38. The summed E-state index contributed by atoms with van der Waals surface area (Å²) in [7, 11) is 1.63. The van der Waals surface area contributed by atoms with Gasteiger partial charge >= 0.3 is 6.03 Å². The molecular weight excluding hydrogens is 386 g/mol. The first-order valence-corrected chi connectivity index (χ1v) is 10.8. The van der Waals surface area contributed by atoms with Gasteiger partial charge in [0.1, 0.15) is 6.54 Å². The number of hydrogen-bond acceptors (Lipinski definition) is 4. The molecule has 1 N–H and O–H groups in total. The Balaban J connectivity index is 2.14. The predicted octanol–water partition coefficient (Wildman–Crippen LogP) is 3.65. The van der Waals surface area contributed by atoms with Crippen molar-refractivity contribution >= 4 is 23.3 Å². The van der Waals surface area contributed by atoms with Gasteiger partial charge in [-0.1, -0.05) is 30.3 Å². The second-order valence-electron chi connectivity index (χ2n) is 6.87. The number of methoxy groups -OCH3 is 1. The summed E-state index contributed by atoms with van der Waals surface area (Å²) in [6.07, 6.45) is 0.684. The number of urea groups is 1. The fourth-order valence-electron chi connectivity index (χ4n) is 2.95. The quantitative estimate of drug-likeness (QED) is 0.568. The van der Waals surface area contributed by atoms with Crippen LogP contribution in [0.2, 0.25) is 0 Å². The average Bonchev–Trinajstić information content (AvgIpc) is 3.12. The molecule has 0 atom stereocenters. The van der Waals surface area contributed by atoms with Gasteiger partial charge in [0, 0.05) is 38.2 Å². The molecule has 0 saturated carbocycles. The first-order chi connectivity index (χ1) is 14.0. The third kappa shape index (κ3) is 7.51. The minimum absolute atomic E-state index is 0.0484. The highest BCUT2D eigenvalue weighted by Crippen LogP contribution is 2.19. The van der Waals surface area contributed by atoms with E-state index in [0.717, 1.165) is 5.56 Å². The zero-order valence-electron chi connectivity index (χ0n) is 17.5. The van der Waals surface area contributed by atoms with E-state index in [-0.39, 0.29) is 18.5 Å². The monoisotopic (exact) mass is 417 g/mol. The van der Waals surface area contributed by atoms with E-state index < -0.39 is 0 Å². The summed E-state index contributed by atoms with van der Waals surface area (Å²) in [5, 5.41) is 4.84. The van der Waals surface area contributed by atoms with Crippen molar-refractivity contribution in [1.29, 1.82) is 0 Å². The van der Waals surface area contributed by atoms with Gasteiger partial charge < -0.3 is 19.9 Å². The molecule has 0 aliphatic carbocycles. The molecular formula is C22H31N3O3S. The third-order valence-corrected chi connectivity index (χ3v) is 5.60. The number of nitrogens with zero attached hydrogens (tertiary/aromatic N) is 2. The van der Waals surface area contributed by atoms with Gasteiger partial charge in [0.2, 0.25) is 5.91 Å². The lowest BCUT2D eigenvalue weighted by molar-refractivity contribution is -0.133. The van der Waals surface area contributed by atoms with E-state index in [2.05, 4.69) is 18.3 Å². The van der Waals surface area contributed by atoms with Crippen LogP contribution >= 0.6 is 11.3 Å². The van der Waals surface area contributed by atoms with Crippen LogP contribution in [0.4, 0.5) is 4.79 Å². The van der Waals surface area contributed by atoms with Crippen LogP contribution < -0.4 is 5.32 Å². The molecule has 0 saturated heterocycles. The minimum Gasteiger partial charge on any atom is -0.385 e. The Labute approximate surface area is 177 Å². The molecule has 1 aromatic carbocycles. The van der Waals surface area contributed by atoms with Crippen LogP contribution in [0.25, 0.3) is 0 Å². The number of amides is 3. The van der Waals surface area contributed by atoms with Crippen LogP contribution in [0.5, 0.6) is 0 Å². The molecule has 1 aromatic heterocycles. The molecule has 158 valence electrons. The van der Waals surface area contributed by atoms with Crippen LogP contribution in [0.3, 0.4) is 0 Å². The number of hydrogen-bond donors (Lipinski definition) is 1. The van der Waals surface area contributed by atoms with Gasteiger partial charge in [0.25, 0.3) is 0 Å². The van der Waals surface area contributed by atoms with Gasteiger partial charge in [0.15, 0.2) is 0 Å². The highest BCUT2D eigenvalue weighted by atomic mass is 32.1. The Kier molecular flexibility index (Phi) is 9.67. The smallest absolute Gasteiger partial charge is 0.317 e. The highest BCUT2D eigenvalue weighted by molar-refractivity contribution is 7.10. The summed E-state index contributed by atoms with van der Waals surface area (Å²) in [5.74, 6) is -0.0645. The maximum absolute atomic E-state index is 13.2. The first kappa shape index (κ1) is 22.9. The van der Waals surface area contributed by atoms with Crippen LogP contribution in [0.15, 0.2) is 41.8 Å². The highest BCUT2D eigenvalue weighted by Gasteiger charge is 2.22. The molecule has 0 unspecified atom stereocenters. The van der Waals surface area contributed by atoms with Crippen molar-refractivity contribution in [2.75, 3.05) is 33.4 Å². The van der Waals surface area contributed by atoms with Crippen LogP contribution in [-0.4, -0.2) is 55.1 Å². The largest absolute Gasteiger partial charge is 0.385 e. The van der Waals surface area contributed by atoms with Crippen molar-refractivity contribution in [2.24, 2.45) is 0 Å². The van der Waals surface area contributed by atoms with Crippen molar-refractivity contribution in [3.05, 3.63) is 57.8 Å². The van der Waals surface area contributed by atoms with Crippen molar-refractivity contribution in [2.45, 2.75) is 33.4 Å². The lowest BCUT2D eigenvalue weighted by Crippen LogP contribution is -2.47. The first-order valence-electron chi connectivity index (χ1n) is 9.91. The maximum Gasteiger partial charge on any atom is 0.317 e. The standard InChI is InChI=1S/C22H31N3O3S/c1-4-23-22(27)24(12-8-13-28-3)17-21(26)25(15-19-9-6-5-7-10-19)16-20-18(2)11-14-29-20/h5-7,9-11,14H,4,8,12-13,15-17H2,1-3H3,(H,23,27). The average molecular weight is 418 g/mol. The van der Waals surface area contributed by atoms with Crippen molar-refractivity contribution in [3.63, 3.8) is 0 Å². The van der Waals surface area contributed by atoms with Gasteiger partial charge in [0.05, 0.1) is 6.54 Å². The molecule has 6 nitrogen and oxygen atoms in total. The number of carbonyl (C=O) groups is 2. The van der Waals surface area contributed by atoms with E-state index in [9.17, 15) is 9.59 Å². The molecule has 3 amide bonds. The minimum atomic E-state index is -0.219. The maximum atomic E-state index is 13.2. The second-order valence-corrected chi connectivity index (χ2v) is 7.87. The molecule has 1 heterocycles. The number of thiophene rings is 1. The Morgan fingerprint density at radius 2 is 1.86 bits per heavy atom. The molecule has 0 radical (unpaired) electrons. The molecule has 2 rings (SSSR count). The van der Waals surface area contributed by atoms with Crippen molar-refractivity contribution in [1.82, 2.24) is 15.1 Å². The van der Waals surface area contributed by atoms with Crippen LogP contribution in [0, 0.1) is 6.92 Å². The number of aryl methyl sites for hydroxylation is 1. The van der Waals surface area contributed by atoms with E-state index in [1.807, 2.05) is 47.5 Å². The Bertz CT molecular complexity index is 764. The van der Waals surface area contributed by atoms with E-state index in [0.29, 0.717) is 39.2 Å². The predicted molar refractivity (Wildman–Crippen MR) is 117 cm³/mol. The van der Waals surface area contributed by atoms with E-state index in [1.165, 1.54) is 10.4 Å². The molecule has 0 aliphatic heterocycles. The fraction of sp³-hybridized carbons (Fsp3) is 0.455. The topological polar surface area (TPSA) is 61.9 Å². The van der Waals surface area contributed by atoms with E-state index in [4.69, 9.17) is 4.74 Å². The van der Waals surface area contributed by atoms with Crippen LogP contribution in [0.1, 0.15) is 29.3 Å². The number of ether oxygens (including phenoxy) is 1. The van der Waals surface area contributed by atoms with Gasteiger partial charge in [-0.3, -0.25) is 4.79 Å². The van der Waals surface area contributed by atoms with Crippen molar-refractivity contribution in [3.8, 4) is 0 Å². The Morgan fingerprint density at radius 1 is 1.10 bits per heavy atom. The Morgan fingerprint density at radius 3 is 2.48 bits per heavy atom. The molecule has 29 heavy (non-hydrogen) atoms. The molecule has 2 aromatic rings. The zero-order valence-corrected chi connectivity index (χ0v) is 18.3. The third-order valence-electron chi connectivity index (χ3n) is 4.59. The van der Waals surface area contributed by atoms with Gasteiger partial charge in [-0.25, -0.2) is 4.79 Å². The number of nitrogens with one attached hydrogen (secondary N) is 1. The molecule has 0 spiro atoms. The summed E-state index contributed by atoms with van der Waals surface area (Å²) in [4.78, 5) is 30.2. The number of carbonyl (C=O) groups excluding carboxylic acids is 2. The SMILES string of the molecule is CCNC(=O)N(CCCOC)CC(=O)N(Cc1ccccc1)Cc1sccc1C. The molecule has 0 bridgehead atoms. The van der Waals surface area contributed by atoms with Gasteiger partial charge in [-0.15, -0.1) is 11.3 Å². The number of rotatable bonds is 11. The van der Waals surface area contributed by atoms with Gasteiger partial charge in [-0.2, -0.15) is 0 Å². The zero-order chi connectivity index (χ0) is 21.1. The molecule has 7 heteroatoms. The van der Waals surface area contributed by atoms with Crippen LogP contribution in [-0.2, 0) is 22.6 Å². The number of benzene rings is 1. The lowest BCUT2D eigenvalue weighted by atomic mass is 10.2. The molecule has 0 aliphatic rings. The summed E-state index contributed by atoms with van der Waals surface area (Å²) in [6.45, 7) is 6.57. The van der Waals surface area contributed by atoms with Gasteiger partial charge in [-0.05, 0) is 42.8 Å². The summed E-state index contributed by atoms with van der Waals surface area (Å²) in [6, 6.07) is 11.8. The summed E-state index contributed by atoms with van der Waals surface area (Å²) >= 11 is 1.65. The lowest BCUT2D eigenvalue weighted by Gasteiger charge is -2.28. The second kappa shape index (κ2) is 12.2. The van der Waals surface area contributed by atoms with E-state index >= 15 is 0 Å². The van der Waals surface area contributed by atoms with E-state index in [1.54, 1.807) is 23.3 Å². The van der Waals surface area contributed by atoms with Crippen molar-refractivity contribution < 1.29 is 14.3 Å². The molecule has 0 fully saturated rings. The summed E-state index contributed by atoms with van der Waals surface area (Å²) < 4.78 is 5.09. The normalized spacial score (nSPS) is 10.6. The fourth-order valence-corrected chi connectivity index (χ4v) is 3.87. The summed E-state index contributed by atoms with van der Waals surface area (Å²) in [5.41, 5.74) is 2.25.